The van der Waals surface area contributed by atoms with Gasteiger partial charge in [-0.3, -0.25) is 24.3 Å². The summed E-state index contributed by atoms with van der Waals surface area (Å²) in [6.07, 6.45) is -6.64. The monoisotopic (exact) mass is 775 g/mol. The Morgan fingerprint density at radius 3 is 2.19 bits per heavy atom. The number of amides is 4. The van der Waals surface area contributed by atoms with Gasteiger partial charge in [-0.25, -0.2) is 13.2 Å². The van der Waals surface area contributed by atoms with Crippen LogP contribution in [-0.4, -0.2) is 101 Å². The molecule has 54 heavy (non-hydrogen) atoms. The Morgan fingerprint density at radius 2 is 1.67 bits per heavy atom. The molecule has 1 aliphatic heterocycles. The van der Waals surface area contributed by atoms with Crippen LogP contribution in [0.15, 0.2) is 66.3 Å². The van der Waals surface area contributed by atoms with E-state index >= 15 is 0 Å². The van der Waals surface area contributed by atoms with Crippen molar-refractivity contribution < 1.29 is 55.5 Å². The molecule has 0 aromatic heterocycles. The zero-order valence-corrected chi connectivity index (χ0v) is 30.2. The van der Waals surface area contributed by atoms with E-state index in [-0.39, 0.29) is 24.4 Å². The van der Waals surface area contributed by atoms with Crippen molar-refractivity contribution in [3.8, 4) is 11.1 Å². The average Bonchev–Trinajstić information content (AvgIpc) is 4.02. The molecule has 2 saturated carbocycles. The van der Waals surface area contributed by atoms with Gasteiger partial charge in [-0.05, 0) is 36.3 Å². The predicted molar refractivity (Wildman–Crippen MR) is 186 cm³/mol. The van der Waals surface area contributed by atoms with Gasteiger partial charge >= 0.3 is 12.3 Å². The second-order valence-corrected chi connectivity index (χ2v) is 16.2. The quantitative estimate of drug-likeness (QED) is 0.132. The van der Waals surface area contributed by atoms with Crippen molar-refractivity contribution in [2.75, 3.05) is 13.2 Å². The molecule has 14 nitrogen and oxygen atoms in total. The summed E-state index contributed by atoms with van der Waals surface area (Å²) in [5.41, 5.74) is 2.25. The molecule has 2 aromatic rings. The molecule has 1 saturated heterocycles. The van der Waals surface area contributed by atoms with Crippen molar-refractivity contribution in [1.82, 2.24) is 20.0 Å². The van der Waals surface area contributed by atoms with E-state index in [0.29, 0.717) is 18.6 Å². The number of carbonyl (C=O) groups excluding carboxylic acids is 4. The number of rotatable bonds is 13. The summed E-state index contributed by atoms with van der Waals surface area (Å²) in [4.78, 5) is 61.4. The molecule has 5 atom stereocenters. The highest BCUT2D eigenvalue weighted by atomic mass is 32.2. The molecule has 4 amide bonds. The van der Waals surface area contributed by atoms with Crippen LogP contribution in [0.3, 0.4) is 0 Å². The van der Waals surface area contributed by atoms with E-state index in [2.05, 4.69) is 26.5 Å². The fourth-order valence-electron chi connectivity index (χ4n) is 6.88. The molecule has 18 heteroatoms. The van der Waals surface area contributed by atoms with Gasteiger partial charge in [-0.1, -0.05) is 73.6 Å². The number of oxime groups is 1. The number of fused-ring (bicyclic) bond motifs is 3. The molecule has 2 aromatic carbocycles. The standard InChI is InChI=1S/C36H40F3N5O9S/c1-4-21-18-35(21,33(47)42-54(50,51)23-13-14-23)40-31(45)28-17-22(53-41-29-26-11-7-5-9-24(26)25-10-6-8-12-27(25)29)19-43(28)32(46)30(20(2)3)44(49)34(48)52-16-15-36(37,38)39/h4-12,20-23,28,30,49H,1,13-19H2,2-3H3,(H,40,45)(H,42,47)/t21-,22-,28+,30-,35+/m1/s1. The Morgan fingerprint density at radius 1 is 1.07 bits per heavy atom. The maximum atomic E-state index is 14.2. The van der Waals surface area contributed by atoms with E-state index in [1.165, 1.54) is 19.9 Å². The predicted octanol–water partition coefficient (Wildman–Crippen LogP) is 3.88. The van der Waals surface area contributed by atoms with E-state index in [1.54, 1.807) is 0 Å². The van der Waals surface area contributed by atoms with E-state index in [9.17, 15) is 46.0 Å². The van der Waals surface area contributed by atoms with Gasteiger partial charge in [0.05, 0.1) is 18.2 Å². The number of hydroxylamine groups is 2. The van der Waals surface area contributed by atoms with Crippen LogP contribution in [-0.2, 0) is 34.0 Å². The number of sulfonamides is 1. The summed E-state index contributed by atoms with van der Waals surface area (Å²) in [5, 5.41) is 17.0. The molecule has 3 N–H and O–H groups in total. The third kappa shape index (κ3) is 7.80. The molecule has 0 radical (unpaired) electrons. The molecule has 3 aliphatic carbocycles. The molecule has 0 unspecified atom stereocenters. The van der Waals surface area contributed by atoms with Gasteiger partial charge < -0.3 is 19.8 Å². The Hall–Kier alpha value is -4.97. The number of halogens is 3. The van der Waals surface area contributed by atoms with Crippen molar-refractivity contribution in [3.63, 3.8) is 0 Å². The first kappa shape index (κ1) is 38.7. The Kier molecular flexibility index (Phi) is 10.5. The molecule has 4 aliphatic rings. The van der Waals surface area contributed by atoms with Crippen molar-refractivity contribution in [1.29, 1.82) is 0 Å². The van der Waals surface area contributed by atoms with E-state index in [1.807, 2.05) is 48.5 Å². The molecule has 0 bridgehead atoms. The highest BCUT2D eigenvalue weighted by Gasteiger charge is 2.62. The molecule has 0 spiro atoms. The summed E-state index contributed by atoms with van der Waals surface area (Å²) in [6, 6.07) is 11.9. The van der Waals surface area contributed by atoms with Crippen molar-refractivity contribution in [2.24, 2.45) is 17.0 Å². The van der Waals surface area contributed by atoms with Gasteiger partial charge in [0.15, 0.2) is 0 Å². The number of benzene rings is 2. The first-order valence-corrected chi connectivity index (χ1v) is 19.0. The van der Waals surface area contributed by atoms with Crippen molar-refractivity contribution >= 4 is 39.5 Å². The zero-order chi connectivity index (χ0) is 39.2. The molecule has 290 valence electrons. The van der Waals surface area contributed by atoms with E-state index < -0.39 is 93.9 Å². The number of ether oxygens (including phenoxy) is 1. The van der Waals surface area contributed by atoms with E-state index in [4.69, 9.17) is 4.84 Å². The van der Waals surface area contributed by atoms with Crippen LogP contribution >= 0.6 is 0 Å². The summed E-state index contributed by atoms with van der Waals surface area (Å²) in [6.45, 7) is 5.22. The average molecular weight is 776 g/mol. The first-order valence-electron chi connectivity index (χ1n) is 17.4. The Balaban J connectivity index is 1.27. The van der Waals surface area contributed by atoms with Crippen molar-refractivity contribution in [3.05, 3.63) is 72.3 Å². The van der Waals surface area contributed by atoms with Gasteiger partial charge in [0.25, 0.3) is 5.91 Å². The number of nitrogens with zero attached hydrogens (tertiary/aromatic N) is 3. The number of hydrogen-bond acceptors (Lipinski definition) is 10. The lowest BCUT2D eigenvalue weighted by molar-refractivity contribution is -0.166. The minimum Gasteiger partial charge on any atom is -0.448 e. The van der Waals surface area contributed by atoms with Gasteiger partial charge in [0.2, 0.25) is 21.8 Å². The summed E-state index contributed by atoms with van der Waals surface area (Å²) >= 11 is 0. The van der Waals surface area contributed by atoms with Crippen molar-refractivity contribution in [2.45, 2.75) is 81.1 Å². The molecule has 6 rings (SSSR count). The smallest absolute Gasteiger partial charge is 0.434 e. The minimum atomic E-state index is -4.65. The van der Waals surface area contributed by atoms with Gasteiger partial charge in [-0.15, -0.1) is 6.58 Å². The summed E-state index contributed by atoms with van der Waals surface area (Å²) in [7, 11) is -3.98. The lowest BCUT2D eigenvalue weighted by Crippen LogP contribution is -2.59. The fraction of sp³-hybridized carbons (Fsp3) is 0.472. The second kappa shape index (κ2) is 14.7. The summed E-state index contributed by atoms with van der Waals surface area (Å²) < 4.78 is 69.9. The maximum Gasteiger partial charge on any atom is 0.434 e. The highest BCUT2D eigenvalue weighted by Crippen LogP contribution is 2.45. The molecular weight excluding hydrogens is 735 g/mol. The second-order valence-electron chi connectivity index (χ2n) is 14.2. The van der Waals surface area contributed by atoms with Gasteiger partial charge in [-0.2, -0.15) is 18.2 Å². The van der Waals surface area contributed by atoms with Gasteiger partial charge in [0.1, 0.15) is 36.0 Å². The number of hydrogen-bond donors (Lipinski definition) is 3. The van der Waals surface area contributed by atoms with Crippen LogP contribution in [0, 0.1) is 11.8 Å². The third-order valence-electron chi connectivity index (χ3n) is 9.99. The number of likely N-dealkylation sites (tertiary alicyclic amines) is 1. The van der Waals surface area contributed by atoms with Crippen LogP contribution in [0.1, 0.15) is 57.1 Å². The zero-order valence-electron chi connectivity index (χ0n) is 29.4. The molecule has 3 fully saturated rings. The van der Waals surface area contributed by atoms with Gasteiger partial charge in [0, 0.05) is 23.5 Å². The van der Waals surface area contributed by atoms with Crippen LogP contribution < -0.4 is 10.0 Å². The Bertz CT molecular complexity index is 1940. The molecular formula is C36H40F3N5O9S. The third-order valence-corrected chi connectivity index (χ3v) is 11.8. The molecule has 1 heterocycles. The summed E-state index contributed by atoms with van der Waals surface area (Å²) in [5.74, 6) is -4.26. The highest BCUT2D eigenvalue weighted by molar-refractivity contribution is 7.91. The van der Waals surface area contributed by atoms with Crippen LogP contribution in [0.25, 0.3) is 11.1 Å². The van der Waals surface area contributed by atoms with Crippen LogP contribution in [0.4, 0.5) is 18.0 Å². The fourth-order valence-corrected chi connectivity index (χ4v) is 8.24. The minimum absolute atomic E-state index is 0.0319. The Labute approximate surface area is 309 Å². The normalized spacial score (nSPS) is 23.5. The van der Waals surface area contributed by atoms with Crippen LogP contribution in [0.5, 0.6) is 0 Å². The topological polar surface area (TPSA) is 184 Å². The number of alkyl halides is 3. The van der Waals surface area contributed by atoms with E-state index in [0.717, 1.165) is 27.2 Å². The largest absolute Gasteiger partial charge is 0.448 e. The SMILES string of the molecule is C=C[C@@H]1C[C@@]1(NC(=O)[C@@H]1C[C@@H](ON=C2c3ccccc3-c3ccccc32)CN1C(=O)[C@@H](C(C)C)N(O)C(=O)OCCC(F)(F)F)C(=O)NS(=O)(=O)C1CC1. The first-order chi connectivity index (χ1) is 25.5. The lowest BCUT2D eigenvalue weighted by Gasteiger charge is -2.33. The van der Waals surface area contributed by atoms with Crippen LogP contribution in [0.2, 0.25) is 0 Å². The maximum absolute atomic E-state index is 14.2. The lowest BCUT2D eigenvalue weighted by atomic mass is 10.0. The number of carbonyl (C=O) groups is 4. The number of nitrogens with one attached hydrogen (secondary N) is 2.